The van der Waals surface area contributed by atoms with Gasteiger partial charge in [0, 0.05) is 108 Å². The van der Waals surface area contributed by atoms with Gasteiger partial charge >= 0.3 is 11.9 Å². The van der Waals surface area contributed by atoms with Crippen molar-refractivity contribution in [2.75, 3.05) is 101 Å². The van der Waals surface area contributed by atoms with E-state index in [-0.39, 0.29) is 144 Å². The smallest absolute Gasteiger partial charge is 0.326 e. The number of fused-ring (bicyclic) bond motifs is 1. The van der Waals surface area contributed by atoms with E-state index in [4.69, 9.17) is 5.73 Å². The number of carboxylic acids is 5. The number of rotatable bonds is 26. The number of nitrogen functional groups attached to an aromatic ring is 1. The molecular formula is C45H56N13O15-3. The number of benzene rings is 1. The van der Waals surface area contributed by atoms with E-state index in [1.165, 1.54) is 33.0 Å². The van der Waals surface area contributed by atoms with Gasteiger partial charge in [-0.1, -0.05) is 0 Å². The van der Waals surface area contributed by atoms with Gasteiger partial charge in [0.25, 0.3) is 11.5 Å². The molecule has 0 saturated carbocycles. The number of aromatic amines is 1. The summed E-state index contributed by atoms with van der Waals surface area (Å²) >= 11 is 0. The number of aliphatic carboxylic acids is 5. The van der Waals surface area contributed by atoms with Crippen molar-refractivity contribution < 1.29 is 59.1 Å². The maximum Gasteiger partial charge on any atom is 0.326 e. The minimum Gasteiger partial charge on any atom is -0.549 e. The number of nitrogens with one attached hydrogen (secondary N) is 5. The number of H-pyrrole nitrogens is 1. The monoisotopic (exact) mass is 1020 g/mol. The Morgan fingerprint density at radius 3 is 1.88 bits per heavy atom. The molecule has 0 radical (unpaired) electrons. The Balaban J connectivity index is 1.05. The van der Waals surface area contributed by atoms with Gasteiger partial charge in [0.2, 0.25) is 22.7 Å². The quantitative estimate of drug-likeness (QED) is 0.0214. The normalized spacial score (nSPS) is 15.3. The van der Waals surface area contributed by atoms with Gasteiger partial charge in [-0.05, 0) is 56.4 Å². The van der Waals surface area contributed by atoms with Crippen molar-refractivity contribution in [3.05, 3.63) is 78.1 Å². The maximum atomic E-state index is 12.9. The zero-order chi connectivity index (χ0) is 53.2. The Morgan fingerprint density at radius 2 is 1.32 bits per heavy atom. The third-order valence-corrected chi connectivity index (χ3v) is 11.9. The Bertz CT molecular complexity index is 2710. The molecule has 1 saturated heterocycles. The molecule has 3 heterocycles. The van der Waals surface area contributed by atoms with Crippen LogP contribution < -0.4 is 58.7 Å². The van der Waals surface area contributed by atoms with E-state index in [1.54, 1.807) is 17.0 Å². The van der Waals surface area contributed by atoms with Gasteiger partial charge in [-0.3, -0.25) is 53.4 Å². The number of carbonyl (C=O) groups is 7. The number of amides is 2. The number of carbonyl (C=O) groups excluding carboxylic acids is 5. The number of nitrogens with zero attached hydrogens (tertiary/aromatic N) is 7. The highest BCUT2D eigenvalue weighted by Gasteiger charge is 2.28. The van der Waals surface area contributed by atoms with E-state index < -0.39 is 89.8 Å². The van der Waals surface area contributed by atoms with Crippen molar-refractivity contribution in [3.63, 3.8) is 0 Å². The van der Waals surface area contributed by atoms with E-state index in [9.17, 15) is 73.5 Å². The molecule has 2 amide bonds. The first kappa shape index (κ1) is 56.0. The first-order valence-corrected chi connectivity index (χ1v) is 23.2. The Kier molecular flexibility index (Phi) is 20.7. The van der Waals surface area contributed by atoms with E-state index in [0.717, 1.165) is 0 Å². The van der Waals surface area contributed by atoms with Crippen LogP contribution in [0.15, 0.2) is 44.8 Å². The molecule has 4 aromatic rings. The molecule has 1 aliphatic heterocycles. The van der Waals surface area contributed by atoms with Gasteiger partial charge in [-0.25, -0.2) is 14.8 Å². The molecule has 28 nitrogen and oxygen atoms in total. The first-order chi connectivity index (χ1) is 34.8. The molecule has 5 rings (SSSR count). The second-order valence-electron chi connectivity index (χ2n) is 17.2. The minimum absolute atomic E-state index is 0.0109. The van der Waals surface area contributed by atoms with Gasteiger partial charge < -0.3 is 66.9 Å². The molecule has 0 bridgehead atoms. The molecule has 1 fully saturated rings. The zero-order valence-corrected chi connectivity index (χ0v) is 39.6. The summed E-state index contributed by atoms with van der Waals surface area (Å²) in [6.07, 6.45) is 1.46. The summed E-state index contributed by atoms with van der Waals surface area (Å²) in [5.41, 5.74) is 5.00. The first-order valence-electron chi connectivity index (χ1n) is 23.2. The molecular weight excluding hydrogens is 963 g/mol. The highest BCUT2D eigenvalue weighted by molar-refractivity contribution is 5.97. The fraction of sp³-hybridized carbons (Fsp3) is 0.489. The van der Waals surface area contributed by atoms with Crippen LogP contribution in [-0.2, 0) is 41.7 Å². The molecule has 28 heteroatoms. The molecule has 2 aromatic heterocycles. The Labute approximate surface area is 415 Å². The molecule has 2 atom stereocenters. The van der Waals surface area contributed by atoms with E-state index in [0.29, 0.717) is 11.4 Å². The lowest BCUT2D eigenvalue weighted by Gasteiger charge is -2.36. The molecule has 1 aliphatic rings. The molecule has 0 spiro atoms. The van der Waals surface area contributed by atoms with Crippen LogP contribution in [0.1, 0.15) is 53.7 Å². The van der Waals surface area contributed by atoms with E-state index >= 15 is 0 Å². The van der Waals surface area contributed by atoms with E-state index in [1.807, 2.05) is 0 Å². The van der Waals surface area contributed by atoms with E-state index in [2.05, 4.69) is 41.2 Å². The molecule has 9 N–H and O–H groups in total. The van der Waals surface area contributed by atoms with Gasteiger partial charge in [0.1, 0.15) is 12.1 Å². The summed E-state index contributed by atoms with van der Waals surface area (Å²) in [5, 5.41) is 65.5. The SMILES string of the molecule is Nc1nc2ncc(CNc3ccc(C(=O)N[C@@H](CCC(=O)NCCCc4c(NCCCC(C(=O)O)N5CCN(CC(=O)[O-])CCN(CC(=O)[O-])CCN(CC(=O)[O-])CC5)c(=O)c4=O)C(=O)O)cc3)nc2c(=O)[nH]1. The summed E-state index contributed by atoms with van der Waals surface area (Å²) in [6.45, 7) is -0.659. The summed E-state index contributed by atoms with van der Waals surface area (Å²) < 4.78 is 0. The predicted octanol–water partition coefficient (Wildman–Crippen LogP) is -6.67. The fourth-order valence-corrected chi connectivity index (χ4v) is 8.07. The van der Waals surface area contributed by atoms with Gasteiger partial charge in [-0.15, -0.1) is 0 Å². The molecule has 0 aliphatic carbocycles. The van der Waals surface area contributed by atoms with Crippen molar-refractivity contribution in [2.24, 2.45) is 0 Å². The number of aromatic nitrogens is 4. The van der Waals surface area contributed by atoms with Gasteiger partial charge in [0.15, 0.2) is 11.2 Å². The zero-order valence-electron chi connectivity index (χ0n) is 39.6. The average molecular weight is 1020 g/mol. The standard InChI is InChI=1S/C45H59N13O15/c46-45-53-40-37(42(69)54-45)51-28(22-50-40)21-49-27-7-5-26(6-8-27)41(68)52-30(43(70)71)9-10-32(59)47-11-1-3-29-36(39(67)38(29)66)48-12-2-4-31(44(72)73)58-19-17-56(24-34(62)63)15-13-55(23-33(60)61)14-16-57(18-20-58)25-35(64)65/h5-8,22,30-31,48-49H,1-4,9-21,23-25H2,(H,47,59)(H,52,68)(H,60,61)(H,62,63)(H,64,65)(H,70,71)(H,72,73)(H3,46,50,53,54,69)/p-3/t30-,31?/m0/s1. The topological polar surface area (TPSA) is 422 Å². The number of hydrogen-bond acceptors (Lipinski definition) is 23. The minimum atomic E-state index is -1.41. The number of hydrogen-bond donors (Lipinski definition) is 8. The van der Waals surface area contributed by atoms with Crippen LogP contribution in [-0.4, -0.2) is 189 Å². The summed E-state index contributed by atoms with van der Waals surface area (Å²) in [7, 11) is 0. The Morgan fingerprint density at radius 1 is 0.726 bits per heavy atom. The lowest BCUT2D eigenvalue weighted by molar-refractivity contribution is -0.308. The van der Waals surface area contributed by atoms with Crippen molar-refractivity contribution in [3.8, 4) is 0 Å². The van der Waals surface area contributed by atoms with Crippen LogP contribution in [0.4, 0.5) is 17.3 Å². The van der Waals surface area contributed by atoms with Crippen LogP contribution in [0.3, 0.4) is 0 Å². The average Bonchev–Trinajstić information content (AvgIpc) is 3.33. The lowest BCUT2D eigenvalue weighted by atomic mass is 10.0. The number of anilines is 3. The summed E-state index contributed by atoms with van der Waals surface area (Å²) in [6, 6.07) is 3.53. The van der Waals surface area contributed by atoms with Crippen LogP contribution in [0, 0.1) is 0 Å². The molecule has 1 unspecified atom stereocenters. The van der Waals surface area contributed by atoms with Crippen LogP contribution >= 0.6 is 0 Å². The van der Waals surface area contributed by atoms with Crippen molar-refractivity contribution in [1.82, 2.24) is 50.2 Å². The second-order valence-corrected chi connectivity index (χ2v) is 17.2. The van der Waals surface area contributed by atoms with Crippen molar-refractivity contribution >= 4 is 70.1 Å². The largest absolute Gasteiger partial charge is 0.549 e. The summed E-state index contributed by atoms with van der Waals surface area (Å²) in [4.78, 5) is 142. The van der Waals surface area contributed by atoms with Gasteiger partial charge in [-0.2, -0.15) is 4.98 Å². The maximum absolute atomic E-state index is 12.9. The van der Waals surface area contributed by atoms with Crippen molar-refractivity contribution in [2.45, 2.75) is 57.2 Å². The Hall–Kier alpha value is -7.95. The lowest BCUT2D eigenvalue weighted by Crippen LogP contribution is -2.53. The molecule has 73 heavy (non-hydrogen) atoms. The van der Waals surface area contributed by atoms with Crippen LogP contribution in [0.5, 0.6) is 0 Å². The highest BCUT2D eigenvalue weighted by atomic mass is 16.4. The fourth-order valence-electron chi connectivity index (χ4n) is 8.07. The summed E-state index contributed by atoms with van der Waals surface area (Å²) in [5.74, 6) is -8.05. The number of carboxylic acid groups (broad SMARTS) is 5. The third-order valence-electron chi connectivity index (χ3n) is 11.9. The molecule has 2 aromatic carbocycles. The predicted molar refractivity (Wildman–Crippen MR) is 252 cm³/mol. The molecule has 394 valence electrons. The number of nitrogens with two attached hydrogens (primary N) is 1. The highest BCUT2D eigenvalue weighted by Crippen LogP contribution is 2.15. The van der Waals surface area contributed by atoms with Crippen LogP contribution in [0.25, 0.3) is 11.2 Å². The van der Waals surface area contributed by atoms with Crippen LogP contribution in [0.2, 0.25) is 0 Å². The van der Waals surface area contributed by atoms with Crippen molar-refractivity contribution in [1.29, 1.82) is 0 Å². The second kappa shape index (κ2) is 27.0. The third kappa shape index (κ3) is 17.4. The van der Waals surface area contributed by atoms with Gasteiger partial charge in [0.05, 0.1) is 42.0 Å².